The summed E-state index contributed by atoms with van der Waals surface area (Å²) >= 11 is 0. The number of rotatable bonds is 31. The van der Waals surface area contributed by atoms with E-state index in [0.29, 0.717) is 17.4 Å². The molecule has 0 rings (SSSR count). The average Bonchev–Trinajstić information content (AvgIpc) is 2.95. The molecule has 0 radical (unpaired) electrons. The van der Waals surface area contributed by atoms with E-state index < -0.39 is 20.0 Å². The van der Waals surface area contributed by atoms with Crippen molar-refractivity contribution in [2.45, 2.75) is 154 Å². The number of aliphatic hydroxyl groups excluding tert-OH is 1. The Morgan fingerprint density at radius 3 is 1.75 bits per heavy atom. The second-order valence-electron chi connectivity index (χ2n) is 13.2. The van der Waals surface area contributed by atoms with Crippen LogP contribution in [0.25, 0.3) is 0 Å². The van der Waals surface area contributed by atoms with Crippen molar-refractivity contribution in [3.05, 3.63) is 24.3 Å². The first-order valence-electron chi connectivity index (χ1n) is 17.7. The van der Waals surface area contributed by atoms with E-state index in [-0.39, 0.29) is 19.1 Å². The van der Waals surface area contributed by atoms with Crippen LogP contribution in [-0.2, 0) is 18.4 Å². The smallest absolute Gasteiger partial charge is 0.387 e. The molecule has 0 aromatic carbocycles. The van der Waals surface area contributed by atoms with Crippen molar-refractivity contribution in [1.29, 1.82) is 0 Å². The third-order valence-electron chi connectivity index (χ3n) is 7.67. The van der Waals surface area contributed by atoms with E-state index in [1.54, 1.807) is 6.08 Å². The second kappa shape index (κ2) is 28.2. The van der Waals surface area contributed by atoms with Gasteiger partial charge in [0.25, 0.3) is 0 Å². The average molecular weight is 646 g/mol. The van der Waals surface area contributed by atoms with E-state index in [9.17, 15) is 19.4 Å². The third kappa shape index (κ3) is 29.7. The highest BCUT2D eigenvalue weighted by Gasteiger charge is 2.27. The minimum atomic E-state index is -4.32. The molecule has 0 bridgehead atoms. The Kier molecular flexibility index (Phi) is 27.6. The van der Waals surface area contributed by atoms with Gasteiger partial charge in [-0.2, -0.15) is 0 Å². The molecular weight excluding hydrogens is 575 g/mol. The maximum atomic E-state index is 12.7. The number of nitrogens with one attached hydrogen (secondary N) is 1. The number of likely N-dealkylation sites (N-methyl/N-ethyl adjacent to an activating group) is 1. The van der Waals surface area contributed by atoms with Crippen molar-refractivity contribution in [3.63, 3.8) is 0 Å². The van der Waals surface area contributed by atoms with Crippen molar-refractivity contribution in [3.8, 4) is 0 Å². The third-order valence-corrected chi connectivity index (χ3v) is 8.65. The molecular formula is C35H70N2O6P+. The Bertz CT molecular complexity index is 784. The van der Waals surface area contributed by atoms with Crippen LogP contribution in [0.3, 0.4) is 0 Å². The predicted molar refractivity (Wildman–Crippen MR) is 185 cm³/mol. The van der Waals surface area contributed by atoms with E-state index in [2.05, 4.69) is 31.3 Å². The summed E-state index contributed by atoms with van der Waals surface area (Å²) in [6.07, 6.45) is 29.6. The summed E-state index contributed by atoms with van der Waals surface area (Å²) in [4.78, 5) is 22.9. The number of phosphoric acid groups is 1. The van der Waals surface area contributed by atoms with Gasteiger partial charge in [0.2, 0.25) is 5.91 Å². The van der Waals surface area contributed by atoms with Gasteiger partial charge >= 0.3 is 7.82 Å². The van der Waals surface area contributed by atoms with E-state index >= 15 is 0 Å². The summed E-state index contributed by atoms with van der Waals surface area (Å²) < 4.78 is 23.3. The lowest BCUT2D eigenvalue weighted by Crippen LogP contribution is -2.45. The van der Waals surface area contributed by atoms with Crippen LogP contribution in [0.5, 0.6) is 0 Å². The lowest BCUT2D eigenvalue weighted by atomic mass is 10.1. The van der Waals surface area contributed by atoms with Crippen LogP contribution >= 0.6 is 7.82 Å². The standard InChI is InChI=1S/C35H69N2O6P/c1-6-8-10-12-14-16-17-18-19-20-21-23-25-27-29-35(39)36-33(32-43-44(40,41)42-31-30-37(3,4)5)34(38)28-26-24-22-15-13-11-9-7-2/h17-18,26,28,33-34,38H,6-16,19-25,27,29-32H2,1-5H3,(H-,36,39,40,41)/p+1/b18-17-,28-26+. The van der Waals surface area contributed by atoms with Crippen molar-refractivity contribution < 1.29 is 32.9 Å². The van der Waals surface area contributed by atoms with Gasteiger partial charge < -0.3 is 19.8 Å². The molecule has 0 aliphatic carbocycles. The summed E-state index contributed by atoms with van der Waals surface area (Å²) in [6.45, 7) is 4.72. The molecule has 260 valence electrons. The number of hydrogen-bond donors (Lipinski definition) is 3. The molecule has 0 saturated carbocycles. The van der Waals surface area contributed by atoms with Crippen LogP contribution in [-0.4, -0.2) is 73.4 Å². The maximum Gasteiger partial charge on any atom is 0.472 e. The van der Waals surface area contributed by atoms with E-state index in [1.807, 2.05) is 27.2 Å². The van der Waals surface area contributed by atoms with E-state index in [1.165, 1.54) is 70.6 Å². The highest BCUT2D eigenvalue weighted by molar-refractivity contribution is 7.47. The molecule has 0 heterocycles. The summed E-state index contributed by atoms with van der Waals surface area (Å²) in [5.74, 6) is -0.192. The number of aliphatic hydroxyl groups is 1. The topological polar surface area (TPSA) is 105 Å². The van der Waals surface area contributed by atoms with Gasteiger partial charge in [-0.25, -0.2) is 4.57 Å². The predicted octanol–water partition coefficient (Wildman–Crippen LogP) is 8.63. The normalized spacial score (nSPS) is 15.2. The van der Waals surface area contributed by atoms with Crippen LogP contribution < -0.4 is 5.32 Å². The highest BCUT2D eigenvalue weighted by Crippen LogP contribution is 2.43. The number of allylic oxidation sites excluding steroid dienone is 3. The van der Waals surface area contributed by atoms with Gasteiger partial charge in [-0.05, 0) is 44.9 Å². The van der Waals surface area contributed by atoms with E-state index in [4.69, 9.17) is 9.05 Å². The molecule has 0 aliphatic rings. The molecule has 0 fully saturated rings. The first-order valence-corrected chi connectivity index (χ1v) is 19.2. The Labute approximate surface area is 271 Å². The SMILES string of the molecule is CCCCCCC/C=C\CCCCCCCC(=O)NC(COP(=O)(O)OCC[N+](C)(C)C)C(O)/C=C/CCCCCCCC. The van der Waals surface area contributed by atoms with Gasteiger partial charge in [0.1, 0.15) is 13.2 Å². The van der Waals surface area contributed by atoms with Gasteiger partial charge in [0.15, 0.2) is 0 Å². The second-order valence-corrected chi connectivity index (χ2v) is 14.7. The first-order chi connectivity index (χ1) is 21.0. The first kappa shape index (κ1) is 43.0. The van der Waals surface area contributed by atoms with Gasteiger partial charge in [-0.15, -0.1) is 0 Å². The summed E-state index contributed by atoms with van der Waals surface area (Å²) in [5, 5.41) is 13.6. The van der Waals surface area contributed by atoms with Crippen LogP contribution in [0.2, 0.25) is 0 Å². The molecule has 0 aliphatic heterocycles. The number of nitrogens with zero attached hydrogens (tertiary/aromatic N) is 1. The zero-order chi connectivity index (χ0) is 32.9. The van der Waals surface area contributed by atoms with Crippen LogP contribution in [0.1, 0.15) is 142 Å². The monoisotopic (exact) mass is 645 g/mol. The molecule has 1 amide bonds. The number of phosphoric ester groups is 1. The van der Waals surface area contributed by atoms with E-state index in [0.717, 1.165) is 51.4 Å². The largest absolute Gasteiger partial charge is 0.472 e. The zero-order valence-corrected chi connectivity index (χ0v) is 30.0. The number of hydrogen-bond acceptors (Lipinski definition) is 5. The molecule has 3 N–H and O–H groups in total. The zero-order valence-electron chi connectivity index (χ0n) is 29.1. The molecule has 9 heteroatoms. The van der Waals surface area contributed by atoms with Crippen molar-refractivity contribution >= 4 is 13.7 Å². The summed E-state index contributed by atoms with van der Waals surface area (Å²) in [6, 6.07) is -0.843. The minimum absolute atomic E-state index is 0.0599. The molecule has 0 saturated heterocycles. The number of carbonyl (C=O) groups is 1. The summed E-state index contributed by atoms with van der Waals surface area (Å²) in [7, 11) is 1.56. The lowest BCUT2D eigenvalue weighted by molar-refractivity contribution is -0.870. The summed E-state index contributed by atoms with van der Waals surface area (Å²) in [5.41, 5.74) is 0. The van der Waals surface area contributed by atoms with Crippen molar-refractivity contribution in [2.24, 2.45) is 0 Å². The molecule has 8 nitrogen and oxygen atoms in total. The van der Waals surface area contributed by atoms with Crippen molar-refractivity contribution in [1.82, 2.24) is 5.32 Å². The molecule has 3 atom stereocenters. The molecule has 44 heavy (non-hydrogen) atoms. The number of unbranched alkanes of at least 4 members (excludes halogenated alkanes) is 16. The van der Waals surface area contributed by atoms with Crippen LogP contribution in [0, 0.1) is 0 Å². The number of amides is 1. The maximum absolute atomic E-state index is 12.7. The molecule has 0 aromatic rings. The highest BCUT2D eigenvalue weighted by atomic mass is 31.2. The van der Waals surface area contributed by atoms with Gasteiger partial charge in [0, 0.05) is 6.42 Å². The molecule has 0 aromatic heterocycles. The Balaban J connectivity index is 4.53. The fourth-order valence-electron chi connectivity index (χ4n) is 4.74. The quantitative estimate of drug-likeness (QED) is 0.0302. The Hall–Kier alpha value is -1.02. The fraction of sp³-hybridized carbons (Fsp3) is 0.857. The van der Waals surface area contributed by atoms with Crippen LogP contribution in [0.15, 0.2) is 24.3 Å². The van der Waals surface area contributed by atoms with Gasteiger partial charge in [-0.3, -0.25) is 13.8 Å². The minimum Gasteiger partial charge on any atom is -0.387 e. The van der Waals surface area contributed by atoms with Crippen molar-refractivity contribution in [2.75, 3.05) is 40.9 Å². The molecule has 3 unspecified atom stereocenters. The van der Waals surface area contributed by atoms with Crippen LogP contribution in [0.4, 0.5) is 0 Å². The van der Waals surface area contributed by atoms with Gasteiger partial charge in [0.05, 0.1) is 39.9 Å². The number of quaternary nitrogens is 1. The fourth-order valence-corrected chi connectivity index (χ4v) is 5.47. The van der Waals surface area contributed by atoms with Gasteiger partial charge in [-0.1, -0.05) is 115 Å². The molecule has 0 spiro atoms. The lowest BCUT2D eigenvalue weighted by Gasteiger charge is -2.25. The Morgan fingerprint density at radius 1 is 0.750 bits per heavy atom. The Morgan fingerprint density at radius 2 is 1.23 bits per heavy atom. The number of carbonyl (C=O) groups excluding carboxylic acids is 1.